The van der Waals surface area contributed by atoms with E-state index in [4.69, 9.17) is 5.11 Å². The molecule has 0 aromatic heterocycles. The van der Waals surface area contributed by atoms with Crippen LogP contribution in [0.15, 0.2) is 81.2 Å². The van der Waals surface area contributed by atoms with Crippen LogP contribution in [0.5, 0.6) is 0 Å². The molecule has 0 saturated heterocycles. The van der Waals surface area contributed by atoms with Crippen molar-refractivity contribution in [1.29, 1.82) is 0 Å². The van der Waals surface area contributed by atoms with Crippen LogP contribution in [0.2, 0.25) is 0 Å². The van der Waals surface area contributed by atoms with E-state index in [0.29, 0.717) is 0 Å². The number of para-hydroxylation sites is 1. The van der Waals surface area contributed by atoms with Gasteiger partial charge in [-0.25, -0.2) is 4.79 Å². The molecule has 118 valence electrons. The molecule has 1 heterocycles. The molecule has 1 aliphatic carbocycles. The highest BCUT2D eigenvalue weighted by molar-refractivity contribution is 8.03. The number of allylic oxidation sites excluding steroid dienone is 3. The third kappa shape index (κ3) is 2.86. The zero-order valence-electron chi connectivity index (χ0n) is 12.7. The Bertz CT molecular complexity index is 911. The minimum atomic E-state index is -0.926. The first kappa shape index (κ1) is 14.8. The maximum Gasteiger partial charge on any atom is 0.335 e. The highest BCUT2D eigenvalue weighted by Crippen LogP contribution is 2.42. The van der Waals surface area contributed by atoms with Crippen molar-refractivity contribution in [2.45, 2.75) is 11.3 Å². The minimum Gasteiger partial charge on any atom is -0.478 e. The Labute approximate surface area is 143 Å². The molecule has 24 heavy (non-hydrogen) atoms. The Morgan fingerprint density at radius 2 is 1.88 bits per heavy atom. The molecule has 2 N–H and O–H groups in total. The summed E-state index contributed by atoms with van der Waals surface area (Å²) in [7, 11) is 0. The molecule has 1 aliphatic heterocycles. The van der Waals surface area contributed by atoms with E-state index < -0.39 is 5.97 Å². The van der Waals surface area contributed by atoms with Crippen molar-refractivity contribution in [2.24, 2.45) is 4.99 Å². The number of thioether (sulfide) groups is 1. The highest BCUT2D eigenvalue weighted by Gasteiger charge is 2.20. The Kier molecular flexibility index (Phi) is 3.70. The molecular formula is C19H14N2O2S. The number of benzene rings is 2. The van der Waals surface area contributed by atoms with Crippen LogP contribution in [-0.2, 0) is 0 Å². The second-order valence-corrected chi connectivity index (χ2v) is 6.66. The summed E-state index contributed by atoms with van der Waals surface area (Å²) in [5.41, 5.74) is 4.25. The summed E-state index contributed by atoms with van der Waals surface area (Å²) < 4.78 is 0. The summed E-state index contributed by atoms with van der Waals surface area (Å²) in [5, 5.41) is 12.4. The number of anilines is 1. The highest BCUT2D eigenvalue weighted by atomic mass is 32.2. The molecule has 0 bridgehead atoms. The lowest BCUT2D eigenvalue weighted by Gasteiger charge is -2.24. The number of carboxylic acid groups (broad SMARTS) is 1. The van der Waals surface area contributed by atoms with Gasteiger partial charge in [0.25, 0.3) is 0 Å². The molecule has 0 saturated carbocycles. The Hall–Kier alpha value is -2.79. The summed E-state index contributed by atoms with van der Waals surface area (Å²) in [6, 6.07) is 14.9. The van der Waals surface area contributed by atoms with Gasteiger partial charge in [0.15, 0.2) is 0 Å². The number of carbonyl (C=O) groups is 1. The molecule has 0 amide bonds. The predicted octanol–water partition coefficient (Wildman–Crippen LogP) is 4.85. The second-order valence-electron chi connectivity index (χ2n) is 5.53. The van der Waals surface area contributed by atoms with Gasteiger partial charge in [0.2, 0.25) is 0 Å². The van der Waals surface area contributed by atoms with E-state index in [0.717, 1.165) is 29.2 Å². The Morgan fingerprint density at radius 1 is 1.08 bits per heavy atom. The first-order valence-electron chi connectivity index (χ1n) is 7.55. The van der Waals surface area contributed by atoms with Gasteiger partial charge in [0, 0.05) is 27.6 Å². The third-order valence-corrected chi connectivity index (χ3v) is 5.05. The van der Waals surface area contributed by atoms with E-state index in [1.54, 1.807) is 36.0 Å². The van der Waals surface area contributed by atoms with Gasteiger partial charge in [0.1, 0.15) is 0 Å². The van der Waals surface area contributed by atoms with E-state index in [-0.39, 0.29) is 5.56 Å². The smallest absolute Gasteiger partial charge is 0.335 e. The van der Waals surface area contributed by atoms with Gasteiger partial charge in [0.05, 0.1) is 16.9 Å². The van der Waals surface area contributed by atoms with Crippen LogP contribution in [0, 0.1) is 0 Å². The molecule has 2 aromatic carbocycles. The quantitative estimate of drug-likeness (QED) is 0.824. The summed E-state index contributed by atoms with van der Waals surface area (Å²) >= 11 is 1.77. The SMILES string of the molecule is O=C(O)c1ccc(N=C2C=CC3=C(C2)Sc2ccccc2N3)cc1. The number of hydrogen-bond donors (Lipinski definition) is 2. The van der Waals surface area contributed by atoms with Crippen LogP contribution < -0.4 is 5.32 Å². The fourth-order valence-corrected chi connectivity index (χ4v) is 3.74. The number of aromatic carboxylic acids is 1. The lowest BCUT2D eigenvalue weighted by Crippen LogP contribution is -2.12. The summed E-state index contributed by atoms with van der Waals surface area (Å²) in [5.74, 6) is -0.926. The third-order valence-electron chi connectivity index (χ3n) is 3.86. The number of fused-ring (bicyclic) bond motifs is 1. The lowest BCUT2D eigenvalue weighted by atomic mass is 10.1. The average molecular weight is 334 g/mol. The van der Waals surface area contributed by atoms with E-state index in [1.165, 1.54) is 9.80 Å². The molecule has 2 aromatic rings. The topological polar surface area (TPSA) is 61.7 Å². The molecule has 0 unspecified atom stereocenters. The molecule has 0 spiro atoms. The zero-order chi connectivity index (χ0) is 16.5. The van der Waals surface area contributed by atoms with Crippen LogP contribution in [0.25, 0.3) is 0 Å². The first-order chi connectivity index (χ1) is 11.7. The van der Waals surface area contributed by atoms with Crippen LogP contribution in [0.1, 0.15) is 16.8 Å². The normalized spacial score (nSPS) is 17.2. The number of carboxylic acids is 1. The number of aliphatic imine (C=N–C) groups is 1. The van der Waals surface area contributed by atoms with Crippen molar-refractivity contribution in [3.63, 3.8) is 0 Å². The number of rotatable bonds is 2. The zero-order valence-corrected chi connectivity index (χ0v) is 13.5. The van der Waals surface area contributed by atoms with Crippen molar-refractivity contribution in [3.05, 3.63) is 76.8 Å². The molecule has 4 nitrogen and oxygen atoms in total. The van der Waals surface area contributed by atoms with Crippen LogP contribution in [0.3, 0.4) is 0 Å². The molecule has 4 rings (SSSR count). The summed E-state index contributed by atoms with van der Waals surface area (Å²) in [6.45, 7) is 0. The maximum absolute atomic E-state index is 10.9. The predicted molar refractivity (Wildman–Crippen MR) is 97.2 cm³/mol. The summed E-state index contributed by atoms with van der Waals surface area (Å²) in [4.78, 5) is 18.0. The lowest BCUT2D eigenvalue weighted by molar-refractivity contribution is 0.0697. The van der Waals surface area contributed by atoms with Gasteiger partial charge in [-0.2, -0.15) is 0 Å². The van der Waals surface area contributed by atoms with Gasteiger partial charge in [-0.3, -0.25) is 4.99 Å². The van der Waals surface area contributed by atoms with E-state index in [1.807, 2.05) is 24.3 Å². The number of nitrogens with one attached hydrogen (secondary N) is 1. The standard InChI is InChI=1S/C19H14N2O2S/c22-19(23)12-5-7-13(8-6-12)20-14-9-10-16-18(11-14)24-17-4-2-1-3-15(17)21-16/h1-10,21H,11H2,(H,22,23). The average Bonchev–Trinajstić information content (AvgIpc) is 2.60. The minimum absolute atomic E-state index is 0.270. The Morgan fingerprint density at radius 3 is 2.67 bits per heavy atom. The van der Waals surface area contributed by atoms with Crippen LogP contribution in [0.4, 0.5) is 11.4 Å². The van der Waals surface area contributed by atoms with Crippen molar-refractivity contribution >= 4 is 34.8 Å². The van der Waals surface area contributed by atoms with Crippen molar-refractivity contribution in [1.82, 2.24) is 0 Å². The molecule has 2 aliphatic rings. The maximum atomic E-state index is 10.9. The van der Waals surface area contributed by atoms with Crippen molar-refractivity contribution < 1.29 is 9.90 Å². The Balaban J connectivity index is 1.56. The van der Waals surface area contributed by atoms with E-state index >= 15 is 0 Å². The molecule has 0 atom stereocenters. The van der Waals surface area contributed by atoms with Gasteiger partial charge in [-0.15, -0.1) is 0 Å². The van der Waals surface area contributed by atoms with Gasteiger partial charge in [-0.1, -0.05) is 23.9 Å². The summed E-state index contributed by atoms with van der Waals surface area (Å²) in [6.07, 6.45) is 4.82. The monoisotopic (exact) mass is 334 g/mol. The fourth-order valence-electron chi connectivity index (χ4n) is 2.65. The van der Waals surface area contributed by atoms with Crippen LogP contribution in [-0.4, -0.2) is 16.8 Å². The molecule has 0 radical (unpaired) electrons. The largest absolute Gasteiger partial charge is 0.478 e. The molecular weight excluding hydrogens is 320 g/mol. The molecule has 5 heteroatoms. The van der Waals surface area contributed by atoms with Gasteiger partial charge < -0.3 is 10.4 Å². The fraction of sp³-hybridized carbons (Fsp3) is 0.0526. The van der Waals surface area contributed by atoms with E-state index in [9.17, 15) is 4.79 Å². The van der Waals surface area contributed by atoms with Crippen molar-refractivity contribution in [2.75, 3.05) is 5.32 Å². The van der Waals surface area contributed by atoms with Gasteiger partial charge in [-0.05, 0) is 48.6 Å². The van der Waals surface area contributed by atoms with E-state index in [2.05, 4.69) is 22.4 Å². The number of nitrogens with zero attached hydrogens (tertiary/aromatic N) is 1. The van der Waals surface area contributed by atoms with Gasteiger partial charge >= 0.3 is 5.97 Å². The van der Waals surface area contributed by atoms with Crippen molar-refractivity contribution in [3.8, 4) is 0 Å². The second kappa shape index (κ2) is 6.02. The first-order valence-corrected chi connectivity index (χ1v) is 8.37. The number of hydrogen-bond acceptors (Lipinski definition) is 4. The molecule has 0 fully saturated rings. The van der Waals surface area contributed by atoms with Crippen LogP contribution >= 0.6 is 11.8 Å².